The molecule has 12 heteroatoms. The lowest BCUT2D eigenvalue weighted by Gasteiger charge is -2.38. The van der Waals surface area contributed by atoms with Crippen molar-refractivity contribution in [3.8, 4) is 5.75 Å². The van der Waals surface area contributed by atoms with Crippen molar-refractivity contribution in [3.63, 3.8) is 0 Å². The highest BCUT2D eigenvalue weighted by Crippen LogP contribution is 2.32. The van der Waals surface area contributed by atoms with Crippen LogP contribution in [0.5, 0.6) is 5.75 Å². The summed E-state index contributed by atoms with van der Waals surface area (Å²) in [7, 11) is 1.64. The van der Waals surface area contributed by atoms with Gasteiger partial charge >= 0.3 is 12.2 Å². The second-order valence-corrected chi connectivity index (χ2v) is 9.84. The number of hydrogen-bond donors (Lipinski definition) is 3. The lowest BCUT2D eigenvalue weighted by Crippen LogP contribution is -2.47. The zero-order chi connectivity index (χ0) is 30.8. The van der Waals surface area contributed by atoms with Crippen molar-refractivity contribution >= 4 is 34.7 Å². The molecule has 0 saturated carbocycles. The minimum absolute atomic E-state index is 0.0101. The van der Waals surface area contributed by atoms with E-state index < -0.39 is 17.8 Å². The molecule has 1 heterocycles. The number of nitrogens with zero attached hydrogens (tertiary/aromatic N) is 2. The summed E-state index contributed by atoms with van der Waals surface area (Å²) < 4.78 is 50.1. The van der Waals surface area contributed by atoms with Gasteiger partial charge in [-0.15, -0.1) is 0 Å². The van der Waals surface area contributed by atoms with Gasteiger partial charge in [0.05, 0.1) is 23.9 Å². The highest BCUT2D eigenvalue weighted by Gasteiger charge is 2.30. The fraction of sp³-hybridized carbons (Fsp3) is 0.355. The predicted molar refractivity (Wildman–Crippen MR) is 161 cm³/mol. The van der Waals surface area contributed by atoms with Crippen LogP contribution in [0.1, 0.15) is 29.3 Å². The normalized spacial score (nSPS) is 13.4. The third-order valence-electron chi connectivity index (χ3n) is 6.95. The molecule has 3 aromatic rings. The first-order chi connectivity index (χ1) is 20.7. The predicted octanol–water partition coefficient (Wildman–Crippen LogP) is 5.84. The van der Waals surface area contributed by atoms with E-state index in [4.69, 9.17) is 9.47 Å². The van der Waals surface area contributed by atoms with Crippen LogP contribution in [0.25, 0.3) is 0 Å². The van der Waals surface area contributed by atoms with Gasteiger partial charge in [-0.1, -0.05) is 18.2 Å². The van der Waals surface area contributed by atoms with Gasteiger partial charge in [-0.3, -0.25) is 4.79 Å². The average Bonchev–Trinajstić information content (AvgIpc) is 3.00. The molecular formula is C31H36F3N5O4. The maximum Gasteiger partial charge on any atom is 0.416 e. The van der Waals surface area contributed by atoms with Crippen molar-refractivity contribution in [2.45, 2.75) is 19.5 Å². The Labute approximate surface area is 249 Å². The van der Waals surface area contributed by atoms with Crippen LogP contribution in [0.2, 0.25) is 0 Å². The van der Waals surface area contributed by atoms with Crippen LogP contribution < -0.4 is 30.5 Å². The van der Waals surface area contributed by atoms with Gasteiger partial charge in [-0.2, -0.15) is 13.2 Å². The van der Waals surface area contributed by atoms with E-state index in [9.17, 15) is 22.8 Å². The standard InChI is InChI=1S/C31H36F3N5O4/c1-3-43-19-7-14-35-29(40)25-21-24(37-30(41)36-23-9-6-8-22(20-23)31(32,33)34)12-13-26(25)38-15-17-39(18-16-38)27-10-4-5-11-28(27)42-2/h4-6,8-13,20-21H,3,7,14-19H2,1-2H3,(H,35,40)(H2,36,37,41). The van der Waals surface area contributed by atoms with Crippen LogP contribution in [0, 0.1) is 0 Å². The Bertz CT molecular complexity index is 1390. The molecule has 0 aromatic heterocycles. The summed E-state index contributed by atoms with van der Waals surface area (Å²) in [4.78, 5) is 30.3. The van der Waals surface area contributed by atoms with E-state index in [1.54, 1.807) is 25.3 Å². The zero-order valence-electron chi connectivity index (χ0n) is 24.2. The van der Waals surface area contributed by atoms with E-state index in [0.717, 1.165) is 23.6 Å². The minimum atomic E-state index is -4.53. The molecule has 1 saturated heterocycles. The number of hydrogen-bond acceptors (Lipinski definition) is 6. The molecule has 0 spiro atoms. The highest BCUT2D eigenvalue weighted by atomic mass is 19.4. The van der Waals surface area contributed by atoms with Gasteiger partial charge in [0.1, 0.15) is 5.75 Å². The topological polar surface area (TPSA) is 95.2 Å². The lowest BCUT2D eigenvalue weighted by atomic mass is 10.1. The van der Waals surface area contributed by atoms with E-state index in [1.165, 1.54) is 12.1 Å². The first kappa shape index (κ1) is 31.5. The summed E-state index contributed by atoms with van der Waals surface area (Å²) in [5.41, 5.74) is 1.53. The lowest BCUT2D eigenvalue weighted by molar-refractivity contribution is -0.137. The molecule has 3 N–H and O–H groups in total. The molecule has 230 valence electrons. The number of anilines is 4. The maximum atomic E-state index is 13.3. The van der Waals surface area contributed by atoms with Crippen LogP contribution in [0.4, 0.5) is 40.7 Å². The van der Waals surface area contributed by atoms with Gasteiger partial charge < -0.3 is 35.2 Å². The maximum absolute atomic E-state index is 13.3. The Morgan fingerprint density at radius 3 is 2.21 bits per heavy atom. The van der Waals surface area contributed by atoms with E-state index in [1.807, 2.05) is 31.2 Å². The monoisotopic (exact) mass is 599 g/mol. The van der Waals surface area contributed by atoms with Crippen molar-refractivity contribution in [2.75, 3.05) is 73.5 Å². The highest BCUT2D eigenvalue weighted by molar-refractivity contribution is 6.04. The van der Waals surface area contributed by atoms with Crippen molar-refractivity contribution < 1.29 is 32.2 Å². The third-order valence-corrected chi connectivity index (χ3v) is 6.95. The molecule has 43 heavy (non-hydrogen) atoms. The summed E-state index contributed by atoms with van der Waals surface area (Å²) in [5.74, 6) is 0.488. The van der Waals surface area contributed by atoms with Crippen molar-refractivity contribution in [2.24, 2.45) is 0 Å². The molecule has 1 aliphatic rings. The minimum Gasteiger partial charge on any atom is -0.495 e. The smallest absolute Gasteiger partial charge is 0.416 e. The molecule has 1 fully saturated rings. The molecule has 9 nitrogen and oxygen atoms in total. The van der Waals surface area contributed by atoms with Crippen molar-refractivity contribution in [1.82, 2.24) is 5.32 Å². The number of amides is 3. The first-order valence-corrected chi connectivity index (χ1v) is 14.1. The molecule has 0 atom stereocenters. The number of piperazine rings is 1. The van der Waals surface area contributed by atoms with Crippen LogP contribution >= 0.6 is 0 Å². The molecule has 0 unspecified atom stereocenters. The number of benzene rings is 3. The molecule has 0 bridgehead atoms. The van der Waals surface area contributed by atoms with Crippen LogP contribution in [0.3, 0.4) is 0 Å². The summed E-state index contributed by atoms with van der Waals surface area (Å²) >= 11 is 0. The van der Waals surface area contributed by atoms with Crippen LogP contribution in [-0.4, -0.2) is 65.0 Å². The van der Waals surface area contributed by atoms with Gasteiger partial charge in [0.2, 0.25) is 0 Å². The second kappa shape index (κ2) is 14.6. The summed E-state index contributed by atoms with van der Waals surface area (Å²) in [6.07, 6.45) is -3.89. The SMILES string of the molecule is CCOCCCNC(=O)c1cc(NC(=O)Nc2cccc(C(F)(F)F)c2)ccc1N1CCN(c2ccccc2OC)CC1. The van der Waals surface area contributed by atoms with Gasteiger partial charge in [-0.05, 0) is 61.9 Å². The number of ether oxygens (including phenoxy) is 2. The Kier molecular flexibility index (Phi) is 10.7. The van der Waals surface area contributed by atoms with E-state index >= 15 is 0 Å². The number of methoxy groups -OCH3 is 1. The van der Waals surface area contributed by atoms with Gasteiger partial charge in [0, 0.05) is 63.0 Å². The van der Waals surface area contributed by atoms with Crippen LogP contribution in [-0.2, 0) is 10.9 Å². The molecule has 0 aliphatic carbocycles. The number of urea groups is 1. The van der Waals surface area contributed by atoms with Gasteiger partial charge in [0.25, 0.3) is 5.91 Å². The van der Waals surface area contributed by atoms with E-state index in [-0.39, 0.29) is 11.6 Å². The Hall–Kier alpha value is -4.45. The van der Waals surface area contributed by atoms with E-state index in [2.05, 4.69) is 25.8 Å². The average molecular weight is 600 g/mol. The number of carbonyl (C=O) groups excluding carboxylic acids is 2. The molecule has 1 aliphatic heterocycles. The van der Waals surface area contributed by atoms with Crippen molar-refractivity contribution in [3.05, 3.63) is 77.9 Å². The van der Waals surface area contributed by atoms with Gasteiger partial charge in [0.15, 0.2) is 0 Å². The van der Waals surface area contributed by atoms with Crippen molar-refractivity contribution in [1.29, 1.82) is 0 Å². The largest absolute Gasteiger partial charge is 0.495 e. The number of para-hydroxylation sites is 2. The summed E-state index contributed by atoms with van der Waals surface area (Å²) in [6, 6.07) is 16.5. The quantitative estimate of drug-likeness (QED) is 0.240. The number of carbonyl (C=O) groups is 2. The number of alkyl halides is 3. The molecular weight excluding hydrogens is 563 g/mol. The molecule has 0 radical (unpaired) electrons. The molecule has 3 amide bonds. The molecule has 3 aromatic carbocycles. The number of halogens is 3. The summed E-state index contributed by atoms with van der Waals surface area (Å²) in [6.45, 7) is 6.12. The van der Waals surface area contributed by atoms with E-state index in [0.29, 0.717) is 69.3 Å². The fourth-order valence-electron chi connectivity index (χ4n) is 4.83. The van der Waals surface area contributed by atoms with Gasteiger partial charge in [-0.25, -0.2) is 4.79 Å². The third kappa shape index (κ3) is 8.54. The first-order valence-electron chi connectivity index (χ1n) is 14.1. The fourth-order valence-corrected chi connectivity index (χ4v) is 4.83. The van der Waals surface area contributed by atoms with Crippen LogP contribution in [0.15, 0.2) is 66.7 Å². The second-order valence-electron chi connectivity index (χ2n) is 9.84. The zero-order valence-corrected chi connectivity index (χ0v) is 24.2. The Morgan fingerprint density at radius 2 is 1.53 bits per heavy atom. The Morgan fingerprint density at radius 1 is 0.860 bits per heavy atom. The number of rotatable bonds is 11. The molecule has 4 rings (SSSR count). The Balaban J connectivity index is 1.49. The summed E-state index contributed by atoms with van der Waals surface area (Å²) in [5, 5.41) is 7.97. The number of nitrogens with one attached hydrogen (secondary N) is 3.